The van der Waals surface area contributed by atoms with Crippen LogP contribution in [-0.2, 0) is 19.1 Å². The highest BCUT2D eigenvalue weighted by molar-refractivity contribution is 6.52. The second-order valence-corrected chi connectivity index (χ2v) is 6.09. The van der Waals surface area contributed by atoms with Crippen molar-refractivity contribution in [2.75, 3.05) is 23.9 Å². The molecule has 0 aromatic heterocycles. The number of esters is 1. The number of Topliss-reactive ketones (excluding diaryl/α,β-unsaturated/α-hetero) is 1. The van der Waals surface area contributed by atoms with Gasteiger partial charge in [0.25, 0.3) is 17.6 Å². The average molecular weight is 382 g/mol. The molecule has 0 spiro atoms. The van der Waals surface area contributed by atoms with E-state index in [9.17, 15) is 19.2 Å². The number of carbonyl (C=O) groups excluding carboxylic acids is 4. The Morgan fingerprint density at radius 1 is 1.07 bits per heavy atom. The Morgan fingerprint density at radius 3 is 2.43 bits per heavy atom. The Bertz CT molecular complexity index is 938. The number of nitrogens with zero attached hydrogens (tertiary/aromatic N) is 1. The van der Waals surface area contributed by atoms with Gasteiger partial charge in [-0.2, -0.15) is 0 Å². The van der Waals surface area contributed by atoms with Crippen molar-refractivity contribution in [3.05, 3.63) is 54.1 Å². The van der Waals surface area contributed by atoms with E-state index in [0.717, 1.165) is 4.90 Å². The largest absolute Gasteiger partial charge is 0.497 e. The molecule has 0 saturated carbocycles. The van der Waals surface area contributed by atoms with Gasteiger partial charge in [-0.1, -0.05) is 12.1 Å². The molecule has 8 nitrogen and oxygen atoms in total. The van der Waals surface area contributed by atoms with Crippen LogP contribution in [0, 0.1) is 0 Å². The molecule has 0 fully saturated rings. The zero-order valence-electron chi connectivity index (χ0n) is 15.3. The lowest BCUT2D eigenvalue weighted by Gasteiger charge is -2.18. The lowest BCUT2D eigenvalue weighted by Crippen LogP contribution is -2.38. The lowest BCUT2D eigenvalue weighted by atomic mass is 10.1. The third-order valence-electron chi connectivity index (χ3n) is 4.20. The highest BCUT2D eigenvalue weighted by atomic mass is 16.5. The van der Waals surface area contributed by atoms with Crippen molar-refractivity contribution in [2.24, 2.45) is 0 Å². The number of nitrogens with one attached hydrogen (secondary N) is 1. The van der Waals surface area contributed by atoms with E-state index in [2.05, 4.69) is 5.32 Å². The topological polar surface area (TPSA) is 102 Å². The number of amides is 2. The first-order chi connectivity index (χ1) is 13.4. The van der Waals surface area contributed by atoms with Crippen LogP contribution in [0.4, 0.5) is 11.4 Å². The number of ketones is 1. The predicted molar refractivity (Wildman–Crippen MR) is 100 cm³/mol. The van der Waals surface area contributed by atoms with Gasteiger partial charge in [0.1, 0.15) is 12.3 Å². The molecule has 0 saturated heterocycles. The van der Waals surface area contributed by atoms with Gasteiger partial charge in [-0.25, -0.2) is 0 Å². The van der Waals surface area contributed by atoms with Crippen LogP contribution in [-0.4, -0.2) is 43.3 Å². The minimum atomic E-state index is -1.08. The van der Waals surface area contributed by atoms with E-state index in [1.165, 1.54) is 20.1 Å². The molecule has 0 radical (unpaired) electrons. The van der Waals surface area contributed by atoms with Crippen LogP contribution >= 0.6 is 0 Å². The molecule has 8 heteroatoms. The van der Waals surface area contributed by atoms with Crippen LogP contribution in [0.3, 0.4) is 0 Å². The molecule has 1 heterocycles. The summed E-state index contributed by atoms with van der Waals surface area (Å²) in [5, 5.41) is 2.62. The summed E-state index contributed by atoms with van der Waals surface area (Å²) < 4.78 is 10.1. The zero-order chi connectivity index (χ0) is 20.3. The normalized spacial score (nSPS) is 13.7. The summed E-state index contributed by atoms with van der Waals surface area (Å²) in [6, 6.07) is 13.1. The van der Waals surface area contributed by atoms with Gasteiger partial charge >= 0.3 is 5.97 Å². The van der Waals surface area contributed by atoms with Crippen LogP contribution < -0.4 is 15.0 Å². The maximum atomic E-state index is 12.2. The SMILES string of the molecule is COc1ccc(NC(=O)[C@H](C)OC(=O)CN2C(=O)C(=O)c3ccccc32)cc1. The molecule has 0 bridgehead atoms. The Hall–Kier alpha value is -3.68. The van der Waals surface area contributed by atoms with E-state index in [1.807, 2.05) is 0 Å². The quantitative estimate of drug-likeness (QED) is 0.604. The van der Waals surface area contributed by atoms with Gasteiger partial charge in [-0.3, -0.25) is 24.1 Å². The molecule has 0 aliphatic carbocycles. The first-order valence-corrected chi connectivity index (χ1v) is 8.50. The first kappa shape index (κ1) is 19.1. The van der Waals surface area contributed by atoms with Gasteiger partial charge in [0.15, 0.2) is 6.10 Å². The fourth-order valence-corrected chi connectivity index (χ4v) is 2.74. The van der Waals surface area contributed by atoms with Crippen LogP contribution in [0.2, 0.25) is 0 Å². The maximum Gasteiger partial charge on any atom is 0.326 e. The Kier molecular flexibility index (Phi) is 5.39. The summed E-state index contributed by atoms with van der Waals surface area (Å²) in [6.07, 6.45) is -1.08. The van der Waals surface area contributed by atoms with Crippen molar-refractivity contribution >= 4 is 34.9 Å². The number of benzene rings is 2. The van der Waals surface area contributed by atoms with Crippen LogP contribution in [0.1, 0.15) is 17.3 Å². The minimum Gasteiger partial charge on any atom is -0.497 e. The van der Waals surface area contributed by atoms with E-state index < -0.39 is 36.2 Å². The number of ether oxygens (including phenoxy) is 2. The molecule has 2 aromatic carbocycles. The molecule has 1 N–H and O–H groups in total. The van der Waals surface area contributed by atoms with Crippen molar-refractivity contribution in [3.8, 4) is 5.75 Å². The molecule has 2 aromatic rings. The van der Waals surface area contributed by atoms with E-state index in [-0.39, 0.29) is 5.56 Å². The predicted octanol–water partition coefficient (Wildman–Crippen LogP) is 1.79. The minimum absolute atomic E-state index is 0.241. The molecule has 1 atom stereocenters. The summed E-state index contributed by atoms with van der Waals surface area (Å²) in [5.74, 6) is -2.15. The first-order valence-electron chi connectivity index (χ1n) is 8.50. The molecule has 28 heavy (non-hydrogen) atoms. The molecule has 1 aliphatic rings. The highest BCUT2D eigenvalue weighted by Crippen LogP contribution is 2.28. The fourth-order valence-electron chi connectivity index (χ4n) is 2.74. The van der Waals surface area contributed by atoms with E-state index in [4.69, 9.17) is 9.47 Å². The smallest absolute Gasteiger partial charge is 0.326 e. The summed E-state index contributed by atoms with van der Waals surface area (Å²) in [5.41, 5.74) is 1.11. The van der Waals surface area contributed by atoms with E-state index in [1.54, 1.807) is 42.5 Å². The number of fused-ring (bicyclic) bond motifs is 1. The fraction of sp³-hybridized carbons (Fsp3) is 0.200. The van der Waals surface area contributed by atoms with Gasteiger partial charge in [-0.05, 0) is 43.3 Å². The van der Waals surface area contributed by atoms with Crippen LogP contribution in [0.15, 0.2) is 48.5 Å². The second-order valence-electron chi connectivity index (χ2n) is 6.09. The standard InChI is InChI=1S/C20H18N2O6/c1-12(19(25)21-13-7-9-14(27-2)10-8-13)28-17(23)11-22-16-6-4-3-5-15(16)18(24)20(22)26/h3-10,12H,11H2,1-2H3,(H,21,25)/t12-/m0/s1. The number of methoxy groups -OCH3 is 1. The Labute approximate surface area is 161 Å². The molecule has 3 rings (SSSR count). The number of hydrogen-bond acceptors (Lipinski definition) is 6. The van der Waals surface area contributed by atoms with Crippen molar-refractivity contribution < 1.29 is 28.7 Å². The molecule has 0 unspecified atom stereocenters. The third-order valence-corrected chi connectivity index (χ3v) is 4.20. The molecule has 2 amide bonds. The Balaban J connectivity index is 1.59. The summed E-state index contributed by atoms with van der Waals surface area (Å²) in [4.78, 5) is 49.5. The third kappa shape index (κ3) is 3.85. The maximum absolute atomic E-state index is 12.2. The number of anilines is 2. The van der Waals surface area contributed by atoms with Crippen LogP contribution in [0.5, 0.6) is 5.75 Å². The zero-order valence-corrected chi connectivity index (χ0v) is 15.3. The van der Waals surface area contributed by atoms with Gasteiger partial charge in [-0.15, -0.1) is 0 Å². The monoisotopic (exact) mass is 382 g/mol. The van der Waals surface area contributed by atoms with Gasteiger partial charge in [0.05, 0.1) is 18.4 Å². The number of hydrogen-bond donors (Lipinski definition) is 1. The van der Waals surface area contributed by atoms with Gasteiger partial charge in [0, 0.05) is 5.69 Å². The summed E-state index contributed by atoms with van der Waals surface area (Å²) >= 11 is 0. The van der Waals surface area contributed by atoms with Gasteiger partial charge in [0.2, 0.25) is 0 Å². The molecule has 144 valence electrons. The van der Waals surface area contributed by atoms with Crippen LogP contribution in [0.25, 0.3) is 0 Å². The molecule has 1 aliphatic heterocycles. The summed E-state index contributed by atoms with van der Waals surface area (Å²) in [6.45, 7) is 0.962. The van der Waals surface area contributed by atoms with Crippen molar-refractivity contribution in [1.29, 1.82) is 0 Å². The summed E-state index contributed by atoms with van der Waals surface area (Å²) in [7, 11) is 1.53. The van der Waals surface area contributed by atoms with Crippen molar-refractivity contribution in [1.82, 2.24) is 0 Å². The van der Waals surface area contributed by atoms with Crippen molar-refractivity contribution in [2.45, 2.75) is 13.0 Å². The number of carbonyl (C=O) groups is 4. The molecular formula is C20H18N2O6. The van der Waals surface area contributed by atoms with Gasteiger partial charge < -0.3 is 14.8 Å². The van der Waals surface area contributed by atoms with E-state index in [0.29, 0.717) is 17.1 Å². The lowest BCUT2D eigenvalue weighted by molar-refractivity contribution is -0.152. The van der Waals surface area contributed by atoms with E-state index >= 15 is 0 Å². The second kappa shape index (κ2) is 7.91. The average Bonchev–Trinajstić information content (AvgIpc) is 2.93. The number of para-hydroxylation sites is 1. The van der Waals surface area contributed by atoms with Crippen molar-refractivity contribution in [3.63, 3.8) is 0 Å². The molecular weight excluding hydrogens is 364 g/mol. The Morgan fingerprint density at radius 2 is 1.75 bits per heavy atom. The highest BCUT2D eigenvalue weighted by Gasteiger charge is 2.37. The number of rotatable bonds is 6.